The molecule has 0 spiro atoms. The number of halogens is 3. The lowest BCUT2D eigenvalue weighted by Gasteiger charge is -2.42. The zero-order valence-electron chi connectivity index (χ0n) is 26.0. The van der Waals surface area contributed by atoms with Gasteiger partial charge in [-0.15, -0.1) is 0 Å². The molecule has 0 bridgehead atoms. The van der Waals surface area contributed by atoms with E-state index in [2.05, 4.69) is 10.6 Å². The van der Waals surface area contributed by atoms with Crippen molar-refractivity contribution in [2.45, 2.75) is 110 Å². The molecule has 6 N–H and O–H groups in total. The molecule has 1 rings (SSSR count). The van der Waals surface area contributed by atoms with Gasteiger partial charge in [-0.05, 0) is 33.1 Å². The average Bonchev–Trinajstić information content (AvgIpc) is 2.91. The van der Waals surface area contributed by atoms with E-state index in [1.165, 1.54) is 7.11 Å². The van der Waals surface area contributed by atoms with Crippen LogP contribution in [-0.4, -0.2) is 96.7 Å². The van der Waals surface area contributed by atoms with Crippen molar-refractivity contribution in [3.8, 4) is 0 Å². The molecule has 5 atom stereocenters. The molecule has 0 radical (unpaired) electrons. The second-order valence-electron chi connectivity index (χ2n) is 12.0. The van der Waals surface area contributed by atoms with E-state index in [-0.39, 0.29) is 18.4 Å². The Hall–Kier alpha value is -2.46. The van der Waals surface area contributed by atoms with Crippen LogP contribution in [0.5, 0.6) is 0 Å². The summed E-state index contributed by atoms with van der Waals surface area (Å²) in [5.41, 5.74) is -1.07. The number of nitrogens with one attached hydrogen (secondary N) is 3. The van der Waals surface area contributed by atoms with Gasteiger partial charge in [0.1, 0.15) is 30.1 Å². The lowest BCUT2D eigenvalue weighted by atomic mass is 9.74. The Balaban J connectivity index is 2.49. The Morgan fingerprint density at radius 3 is 2.02 bits per heavy atom. The largest absolute Gasteiger partial charge is 0.500 e. The molecule has 0 aromatic carbocycles. The van der Waals surface area contributed by atoms with Crippen LogP contribution in [-0.2, 0) is 28.6 Å². The van der Waals surface area contributed by atoms with Crippen LogP contribution in [0.1, 0.15) is 73.6 Å². The second-order valence-corrected chi connectivity index (χ2v) is 12.0. The first-order valence-electron chi connectivity index (χ1n) is 14.2. The number of aliphatic hydroxyl groups excluding tert-OH is 3. The molecule has 250 valence electrons. The van der Waals surface area contributed by atoms with E-state index in [4.69, 9.17) is 14.2 Å². The first-order valence-corrected chi connectivity index (χ1v) is 14.2. The summed E-state index contributed by atoms with van der Waals surface area (Å²) < 4.78 is 54.1. The van der Waals surface area contributed by atoms with Gasteiger partial charge in [0, 0.05) is 24.0 Å². The summed E-state index contributed by atoms with van der Waals surface area (Å²) in [7, 11) is 1.51. The van der Waals surface area contributed by atoms with Crippen molar-refractivity contribution in [1.29, 1.82) is 0 Å². The van der Waals surface area contributed by atoms with Crippen LogP contribution in [0.3, 0.4) is 0 Å². The van der Waals surface area contributed by atoms with Crippen molar-refractivity contribution < 1.29 is 57.1 Å². The van der Waals surface area contributed by atoms with E-state index in [0.29, 0.717) is 50.1 Å². The number of hydrogen-bond acceptors (Lipinski definition) is 9. The Kier molecular flexibility index (Phi) is 14.9. The molecule has 5 unspecified atom stereocenters. The summed E-state index contributed by atoms with van der Waals surface area (Å²) in [5, 5.41) is 36.8. The second kappa shape index (κ2) is 16.6. The van der Waals surface area contributed by atoms with Gasteiger partial charge in [0.05, 0.1) is 19.4 Å². The Labute approximate surface area is 250 Å². The minimum atomic E-state index is -5.22. The van der Waals surface area contributed by atoms with Gasteiger partial charge in [-0.1, -0.05) is 40.5 Å². The number of amides is 3. The van der Waals surface area contributed by atoms with Gasteiger partial charge in [0.25, 0.3) is 0 Å². The molecule has 1 fully saturated rings. The number of unbranched alkanes of at least 4 members (excludes halogenated alkanes) is 3. The van der Waals surface area contributed by atoms with Gasteiger partial charge in [-0.3, -0.25) is 14.4 Å². The zero-order chi connectivity index (χ0) is 33.2. The maximum absolute atomic E-state index is 12.9. The first kappa shape index (κ1) is 38.6. The maximum atomic E-state index is 12.9. The van der Waals surface area contributed by atoms with E-state index in [1.54, 1.807) is 46.9 Å². The van der Waals surface area contributed by atoms with Crippen LogP contribution in [0.2, 0.25) is 0 Å². The number of aliphatic hydroxyl groups is 3. The highest BCUT2D eigenvalue weighted by Gasteiger charge is 2.49. The summed E-state index contributed by atoms with van der Waals surface area (Å²) in [4.78, 5) is 37.1. The number of rotatable bonds is 16. The minimum absolute atomic E-state index is 0.000869. The molecule has 1 aliphatic rings. The summed E-state index contributed by atoms with van der Waals surface area (Å²) in [6, 6.07) is -1.71. The molecular weight excluding hydrogens is 579 g/mol. The minimum Gasteiger partial charge on any atom is -0.500 e. The molecule has 1 saturated heterocycles. The van der Waals surface area contributed by atoms with Gasteiger partial charge < -0.3 is 45.5 Å². The molecule has 0 aromatic heterocycles. The highest BCUT2D eigenvalue weighted by molar-refractivity contribution is 5.86. The van der Waals surface area contributed by atoms with Gasteiger partial charge >= 0.3 is 12.1 Å². The summed E-state index contributed by atoms with van der Waals surface area (Å²) in [6.07, 6.45) is -8.98. The topological polar surface area (TPSA) is 176 Å². The van der Waals surface area contributed by atoms with Crippen LogP contribution in [0.25, 0.3) is 0 Å². The third kappa shape index (κ3) is 11.9. The van der Waals surface area contributed by atoms with Gasteiger partial charge in [-0.25, -0.2) is 0 Å². The van der Waals surface area contributed by atoms with Crippen LogP contribution in [0.4, 0.5) is 13.2 Å². The highest BCUT2D eigenvalue weighted by Crippen LogP contribution is 2.34. The third-order valence-corrected chi connectivity index (χ3v) is 7.32. The monoisotopic (exact) mass is 627 g/mol. The molecule has 15 heteroatoms. The molecule has 1 heterocycles. The number of allylic oxidation sites excluding steroid dienone is 2. The normalized spacial score (nSPS) is 23.7. The fourth-order valence-corrected chi connectivity index (χ4v) is 4.68. The lowest BCUT2D eigenvalue weighted by Crippen LogP contribution is -2.65. The molecule has 0 aromatic rings. The van der Waals surface area contributed by atoms with E-state index >= 15 is 0 Å². The fourth-order valence-electron chi connectivity index (χ4n) is 4.68. The number of alkyl halides is 3. The molecule has 12 nitrogen and oxygen atoms in total. The quantitative estimate of drug-likeness (QED) is 0.110. The van der Waals surface area contributed by atoms with Gasteiger partial charge in [-0.2, -0.15) is 13.2 Å². The summed E-state index contributed by atoms with van der Waals surface area (Å²) in [6.45, 7) is 10.2. The third-order valence-electron chi connectivity index (χ3n) is 7.32. The van der Waals surface area contributed by atoms with E-state index in [9.17, 15) is 42.9 Å². The Morgan fingerprint density at radius 2 is 1.47 bits per heavy atom. The van der Waals surface area contributed by atoms with Gasteiger partial charge in [0.15, 0.2) is 6.29 Å². The number of ether oxygens (including phenoxy) is 3. The fraction of sp³-hybridized carbons (Fsp3) is 0.821. The lowest BCUT2D eigenvalue weighted by molar-refractivity contribution is -0.272. The average molecular weight is 628 g/mol. The maximum Gasteiger partial charge on any atom is 0.471 e. The van der Waals surface area contributed by atoms with E-state index in [1.807, 2.05) is 0 Å². The van der Waals surface area contributed by atoms with Crippen LogP contribution in [0, 0.1) is 10.8 Å². The Bertz CT molecular complexity index is 973. The number of carbonyl (C=O) groups excluding carboxylic acids is 3. The summed E-state index contributed by atoms with van der Waals surface area (Å²) in [5.74, 6) is -2.17. The first-order chi connectivity index (χ1) is 19.8. The van der Waals surface area contributed by atoms with Crippen LogP contribution < -0.4 is 16.0 Å². The van der Waals surface area contributed by atoms with Crippen molar-refractivity contribution in [3.05, 3.63) is 11.5 Å². The van der Waals surface area contributed by atoms with Crippen molar-refractivity contribution >= 4 is 17.7 Å². The van der Waals surface area contributed by atoms with Crippen molar-refractivity contribution in [2.75, 3.05) is 26.9 Å². The number of carbonyl (C=O) groups is 3. The van der Waals surface area contributed by atoms with Crippen molar-refractivity contribution in [3.63, 3.8) is 0 Å². The Morgan fingerprint density at radius 1 is 0.884 bits per heavy atom. The highest BCUT2D eigenvalue weighted by atomic mass is 19.4. The van der Waals surface area contributed by atoms with Crippen molar-refractivity contribution in [1.82, 2.24) is 16.0 Å². The number of hydrogen-bond donors (Lipinski definition) is 6. The predicted molar refractivity (Wildman–Crippen MR) is 149 cm³/mol. The summed E-state index contributed by atoms with van der Waals surface area (Å²) >= 11 is 0. The van der Waals surface area contributed by atoms with Crippen LogP contribution >= 0.6 is 0 Å². The smallest absolute Gasteiger partial charge is 0.471 e. The zero-order valence-corrected chi connectivity index (χ0v) is 26.0. The molecule has 1 aliphatic heterocycles. The molecule has 43 heavy (non-hydrogen) atoms. The predicted octanol–water partition coefficient (Wildman–Crippen LogP) is 1.62. The number of methoxy groups -OCH3 is 1. The SMILES string of the molecule is COC(C)=C(C)NC(=O)C(C)(C)CC(C)(C)C(=O)NCCCCCCOC1OC(CO)C(O)C(O)C1NC(=O)C(F)(F)F. The molecule has 3 amide bonds. The van der Waals surface area contributed by atoms with E-state index < -0.39 is 60.2 Å². The van der Waals surface area contributed by atoms with Crippen molar-refractivity contribution in [2.24, 2.45) is 10.8 Å². The van der Waals surface area contributed by atoms with Gasteiger partial charge in [0.2, 0.25) is 11.8 Å². The molecular formula is C28H48F3N3O9. The molecule has 0 aliphatic carbocycles. The standard InChI is InChI=1S/C28H48F3N3O9/c1-16(17(2)41-7)33-24(39)27(5,6)15-26(3,4)23(38)32-12-10-8-9-11-13-42-22-19(34-25(40)28(29,30)31)21(37)20(36)18(14-35)43-22/h18-22,35-37H,8-15H2,1-7H3,(H,32,38)(H,33,39)(H,34,40). The molecule has 0 saturated carbocycles. The van der Waals surface area contributed by atoms with E-state index in [0.717, 1.165) is 0 Å². The van der Waals surface area contributed by atoms with Crippen LogP contribution in [0.15, 0.2) is 11.5 Å².